The predicted octanol–water partition coefficient (Wildman–Crippen LogP) is 4.65. The molecule has 5 nitrogen and oxygen atoms in total. The first kappa shape index (κ1) is 19.6. The van der Waals surface area contributed by atoms with Gasteiger partial charge in [0, 0.05) is 21.7 Å². The van der Waals surface area contributed by atoms with E-state index in [4.69, 9.17) is 4.74 Å². The first-order valence-electron chi connectivity index (χ1n) is 8.74. The number of ether oxygens (including phenoxy) is 1. The lowest BCUT2D eigenvalue weighted by Gasteiger charge is -2.09. The lowest BCUT2D eigenvalue weighted by molar-refractivity contribution is -0.119. The SMILES string of the molecule is Cc1ccc(C)c(Sc2ccc(NC(=O)COC(=O)c3ccccn3)cc2)c1. The molecule has 1 N–H and O–H groups in total. The van der Waals surface area contributed by atoms with Crippen LogP contribution >= 0.6 is 11.8 Å². The van der Waals surface area contributed by atoms with E-state index in [2.05, 4.69) is 42.3 Å². The van der Waals surface area contributed by atoms with Crippen molar-refractivity contribution in [2.24, 2.45) is 0 Å². The zero-order valence-electron chi connectivity index (χ0n) is 15.6. The van der Waals surface area contributed by atoms with Crippen LogP contribution in [0.5, 0.6) is 0 Å². The molecule has 1 aromatic heterocycles. The van der Waals surface area contributed by atoms with Crippen LogP contribution in [0.1, 0.15) is 21.6 Å². The van der Waals surface area contributed by atoms with Gasteiger partial charge in [0.05, 0.1) is 0 Å². The van der Waals surface area contributed by atoms with Crippen molar-refractivity contribution in [1.29, 1.82) is 0 Å². The van der Waals surface area contributed by atoms with E-state index >= 15 is 0 Å². The summed E-state index contributed by atoms with van der Waals surface area (Å²) in [6, 6.07) is 18.8. The third-order valence-corrected chi connectivity index (χ3v) is 5.09. The number of benzene rings is 2. The number of esters is 1. The minimum absolute atomic E-state index is 0.170. The third-order valence-electron chi connectivity index (χ3n) is 3.92. The molecule has 0 aliphatic carbocycles. The van der Waals surface area contributed by atoms with Gasteiger partial charge in [-0.15, -0.1) is 0 Å². The summed E-state index contributed by atoms with van der Waals surface area (Å²) in [6.07, 6.45) is 1.49. The summed E-state index contributed by atoms with van der Waals surface area (Å²) in [6.45, 7) is 3.79. The number of hydrogen-bond acceptors (Lipinski definition) is 5. The molecule has 0 bridgehead atoms. The number of nitrogens with one attached hydrogen (secondary N) is 1. The monoisotopic (exact) mass is 392 g/mol. The number of pyridine rings is 1. The maximum absolute atomic E-state index is 12.0. The van der Waals surface area contributed by atoms with Crippen molar-refractivity contribution in [2.45, 2.75) is 23.6 Å². The smallest absolute Gasteiger partial charge is 0.357 e. The van der Waals surface area contributed by atoms with E-state index in [9.17, 15) is 9.59 Å². The van der Waals surface area contributed by atoms with Gasteiger partial charge in [-0.25, -0.2) is 9.78 Å². The Kier molecular flexibility index (Phi) is 6.45. The Bertz CT molecular complexity index is 973. The molecule has 0 unspecified atom stereocenters. The summed E-state index contributed by atoms with van der Waals surface area (Å²) in [5.41, 5.74) is 3.26. The molecule has 0 saturated heterocycles. The molecule has 0 saturated carbocycles. The normalized spacial score (nSPS) is 10.4. The number of rotatable bonds is 6. The Morgan fingerprint density at radius 3 is 2.54 bits per heavy atom. The van der Waals surface area contributed by atoms with Gasteiger partial charge in [-0.05, 0) is 67.4 Å². The van der Waals surface area contributed by atoms with Crippen LogP contribution in [0.25, 0.3) is 0 Å². The number of nitrogens with zero attached hydrogens (tertiary/aromatic N) is 1. The molecule has 28 heavy (non-hydrogen) atoms. The molecule has 1 heterocycles. The molecular formula is C22H20N2O3S. The van der Waals surface area contributed by atoms with E-state index in [1.807, 2.05) is 24.3 Å². The van der Waals surface area contributed by atoms with Crippen molar-refractivity contribution in [3.63, 3.8) is 0 Å². The minimum atomic E-state index is -0.629. The van der Waals surface area contributed by atoms with Crippen LogP contribution in [0.3, 0.4) is 0 Å². The van der Waals surface area contributed by atoms with E-state index < -0.39 is 11.9 Å². The van der Waals surface area contributed by atoms with E-state index in [-0.39, 0.29) is 12.3 Å². The van der Waals surface area contributed by atoms with Gasteiger partial charge < -0.3 is 10.1 Å². The molecule has 1 amide bonds. The quantitative estimate of drug-likeness (QED) is 0.619. The molecule has 3 rings (SSSR count). The second-order valence-corrected chi connectivity index (χ2v) is 7.35. The number of amides is 1. The van der Waals surface area contributed by atoms with Crippen molar-refractivity contribution in [2.75, 3.05) is 11.9 Å². The summed E-state index contributed by atoms with van der Waals surface area (Å²) in [4.78, 5) is 30.0. The average Bonchev–Trinajstić information content (AvgIpc) is 2.71. The van der Waals surface area contributed by atoms with Gasteiger partial charge in [0.1, 0.15) is 5.69 Å². The van der Waals surface area contributed by atoms with Gasteiger partial charge in [-0.3, -0.25) is 4.79 Å². The van der Waals surface area contributed by atoms with E-state index in [0.29, 0.717) is 5.69 Å². The molecule has 142 valence electrons. The number of aromatic nitrogens is 1. The van der Waals surface area contributed by atoms with Crippen LogP contribution in [0.2, 0.25) is 0 Å². The Morgan fingerprint density at radius 1 is 1.04 bits per heavy atom. The van der Waals surface area contributed by atoms with Gasteiger partial charge in [0.25, 0.3) is 5.91 Å². The average molecular weight is 392 g/mol. The number of carbonyl (C=O) groups excluding carboxylic acids is 2. The zero-order chi connectivity index (χ0) is 19.9. The standard InChI is InChI=1S/C22H20N2O3S/c1-15-6-7-16(2)20(13-15)28-18-10-8-17(9-11-18)24-21(25)14-27-22(26)19-5-3-4-12-23-19/h3-13H,14H2,1-2H3,(H,24,25). The number of anilines is 1. The maximum Gasteiger partial charge on any atom is 0.357 e. The lowest BCUT2D eigenvalue weighted by Crippen LogP contribution is -2.21. The fraction of sp³-hybridized carbons (Fsp3) is 0.136. The minimum Gasteiger partial charge on any atom is -0.451 e. The topological polar surface area (TPSA) is 68.3 Å². The van der Waals surface area contributed by atoms with Crippen molar-refractivity contribution >= 4 is 29.3 Å². The highest BCUT2D eigenvalue weighted by Gasteiger charge is 2.11. The first-order chi connectivity index (χ1) is 13.5. The van der Waals surface area contributed by atoms with Crippen LogP contribution in [-0.2, 0) is 9.53 Å². The molecule has 0 atom stereocenters. The molecule has 0 radical (unpaired) electrons. The molecule has 2 aromatic carbocycles. The third kappa shape index (κ3) is 5.44. The maximum atomic E-state index is 12.0. The van der Waals surface area contributed by atoms with Crippen LogP contribution in [-0.4, -0.2) is 23.5 Å². The summed E-state index contributed by atoms with van der Waals surface area (Å²) in [7, 11) is 0. The highest BCUT2D eigenvalue weighted by atomic mass is 32.2. The Morgan fingerprint density at radius 2 is 1.82 bits per heavy atom. The van der Waals surface area contributed by atoms with Crippen LogP contribution in [0.15, 0.2) is 76.7 Å². The van der Waals surface area contributed by atoms with Gasteiger partial charge >= 0.3 is 5.97 Å². The fourth-order valence-electron chi connectivity index (χ4n) is 2.44. The molecule has 0 aliphatic heterocycles. The van der Waals surface area contributed by atoms with E-state index in [1.165, 1.54) is 28.3 Å². The lowest BCUT2D eigenvalue weighted by atomic mass is 10.2. The Labute approximate surface area is 168 Å². The van der Waals surface area contributed by atoms with Crippen molar-refractivity contribution in [1.82, 2.24) is 4.98 Å². The number of aryl methyl sites for hydroxylation is 2. The molecular weight excluding hydrogens is 372 g/mol. The second-order valence-electron chi connectivity index (χ2n) is 6.23. The van der Waals surface area contributed by atoms with Gasteiger partial charge in [0.2, 0.25) is 0 Å². The number of carbonyl (C=O) groups is 2. The molecule has 0 fully saturated rings. The van der Waals surface area contributed by atoms with Crippen LogP contribution < -0.4 is 5.32 Å². The van der Waals surface area contributed by atoms with Crippen molar-refractivity contribution in [3.05, 3.63) is 83.7 Å². The van der Waals surface area contributed by atoms with Crippen LogP contribution in [0.4, 0.5) is 5.69 Å². The second kappa shape index (κ2) is 9.19. The Hall–Kier alpha value is -3.12. The molecule has 0 spiro atoms. The zero-order valence-corrected chi connectivity index (χ0v) is 16.5. The number of hydrogen-bond donors (Lipinski definition) is 1. The molecule has 3 aromatic rings. The molecule has 6 heteroatoms. The summed E-state index contributed by atoms with van der Waals surface area (Å²) >= 11 is 1.68. The van der Waals surface area contributed by atoms with Gasteiger partial charge in [-0.2, -0.15) is 0 Å². The van der Waals surface area contributed by atoms with E-state index in [0.717, 1.165) is 4.90 Å². The van der Waals surface area contributed by atoms with Gasteiger partial charge in [0.15, 0.2) is 6.61 Å². The Balaban J connectivity index is 1.53. The summed E-state index contributed by atoms with van der Waals surface area (Å²) < 4.78 is 4.97. The molecule has 0 aliphatic rings. The highest BCUT2D eigenvalue weighted by molar-refractivity contribution is 7.99. The predicted molar refractivity (Wildman–Crippen MR) is 110 cm³/mol. The van der Waals surface area contributed by atoms with Crippen molar-refractivity contribution < 1.29 is 14.3 Å². The summed E-state index contributed by atoms with van der Waals surface area (Å²) in [5.74, 6) is -1.03. The summed E-state index contributed by atoms with van der Waals surface area (Å²) in [5, 5.41) is 2.71. The first-order valence-corrected chi connectivity index (χ1v) is 9.56. The van der Waals surface area contributed by atoms with Crippen molar-refractivity contribution in [3.8, 4) is 0 Å². The fourth-order valence-corrected chi connectivity index (χ4v) is 3.44. The van der Waals surface area contributed by atoms with E-state index in [1.54, 1.807) is 23.9 Å². The highest BCUT2D eigenvalue weighted by Crippen LogP contribution is 2.31. The van der Waals surface area contributed by atoms with Gasteiger partial charge in [-0.1, -0.05) is 30.0 Å². The largest absolute Gasteiger partial charge is 0.451 e. The van der Waals surface area contributed by atoms with Crippen LogP contribution in [0, 0.1) is 13.8 Å².